The Morgan fingerprint density at radius 2 is 1.81 bits per heavy atom. The summed E-state index contributed by atoms with van der Waals surface area (Å²) >= 11 is 0. The average Bonchev–Trinajstić information content (AvgIpc) is 3.18. The van der Waals surface area contributed by atoms with Gasteiger partial charge in [0, 0.05) is 6.54 Å². The maximum absolute atomic E-state index is 11.8. The molecule has 3 aromatic carbocycles. The fourth-order valence-corrected chi connectivity index (χ4v) is 4.13. The number of carbonyl (C=O) groups is 1. The van der Waals surface area contributed by atoms with Crippen molar-refractivity contribution in [2.24, 2.45) is 0 Å². The Balaban J connectivity index is 1.84. The topological polar surface area (TPSA) is 49.8 Å². The third-order valence-electron chi connectivity index (χ3n) is 5.41. The van der Waals surface area contributed by atoms with E-state index in [1.54, 1.807) is 7.11 Å². The zero-order chi connectivity index (χ0) is 18.8. The number of benzene rings is 3. The van der Waals surface area contributed by atoms with Gasteiger partial charge in [-0.05, 0) is 52.9 Å². The van der Waals surface area contributed by atoms with E-state index in [-0.39, 0.29) is 6.04 Å². The number of hydrogen-bond donors (Lipinski definition) is 1. The summed E-state index contributed by atoms with van der Waals surface area (Å²) < 4.78 is 5.41. The second kappa shape index (κ2) is 7.41. The highest BCUT2D eigenvalue weighted by atomic mass is 16.5. The van der Waals surface area contributed by atoms with Crippen LogP contribution in [-0.4, -0.2) is 35.7 Å². The van der Waals surface area contributed by atoms with E-state index in [4.69, 9.17) is 4.74 Å². The predicted octanol–water partition coefficient (Wildman–Crippen LogP) is 4.49. The minimum Gasteiger partial charge on any atom is -0.497 e. The molecule has 0 bridgehead atoms. The van der Waals surface area contributed by atoms with Gasteiger partial charge in [-0.3, -0.25) is 9.69 Å². The molecule has 2 atom stereocenters. The maximum atomic E-state index is 11.8. The molecule has 1 heterocycles. The Labute approximate surface area is 159 Å². The molecule has 0 aromatic heterocycles. The van der Waals surface area contributed by atoms with Crippen LogP contribution in [-0.2, 0) is 4.79 Å². The van der Waals surface area contributed by atoms with Crippen molar-refractivity contribution in [1.29, 1.82) is 0 Å². The van der Waals surface area contributed by atoms with Crippen molar-refractivity contribution in [1.82, 2.24) is 4.90 Å². The van der Waals surface area contributed by atoms with E-state index in [9.17, 15) is 9.90 Å². The second-order valence-corrected chi connectivity index (χ2v) is 7.02. The molecule has 4 heteroatoms. The van der Waals surface area contributed by atoms with Crippen molar-refractivity contribution in [3.8, 4) is 5.75 Å². The van der Waals surface area contributed by atoms with E-state index >= 15 is 0 Å². The lowest BCUT2D eigenvalue weighted by Crippen LogP contribution is -2.39. The third-order valence-corrected chi connectivity index (χ3v) is 5.41. The van der Waals surface area contributed by atoms with Gasteiger partial charge in [-0.15, -0.1) is 0 Å². The van der Waals surface area contributed by atoms with E-state index in [2.05, 4.69) is 41.3 Å². The number of rotatable bonds is 5. The van der Waals surface area contributed by atoms with E-state index in [1.165, 1.54) is 5.39 Å². The van der Waals surface area contributed by atoms with Crippen LogP contribution in [0.15, 0.2) is 66.7 Å². The number of carboxylic acids is 1. The summed E-state index contributed by atoms with van der Waals surface area (Å²) in [4.78, 5) is 14.0. The van der Waals surface area contributed by atoms with E-state index in [1.807, 2.05) is 30.3 Å². The van der Waals surface area contributed by atoms with Gasteiger partial charge >= 0.3 is 5.97 Å². The zero-order valence-electron chi connectivity index (χ0n) is 15.3. The monoisotopic (exact) mass is 361 g/mol. The summed E-state index contributed by atoms with van der Waals surface area (Å²) in [6, 6.07) is 22.0. The standard InChI is InChI=1S/C23H23NO3/c1-27-20-9-4-8-18(15-20)22(24-13-5-10-21(24)23(25)26)19-12-11-16-6-2-3-7-17(16)14-19/h2-4,6-9,11-12,14-15,21-22H,5,10,13H2,1H3,(H,25,26). The van der Waals surface area contributed by atoms with Crippen LogP contribution in [0.3, 0.4) is 0 Å². The number of carboxylic acid groups (broad SMARTS) is 1. The molecule has 1 saturated heterocycles. The van der Waals surface area contributed by atoms with Crippen molar-refractivity contribution in [2.75, 3.05) is 13.7 Å². The van der Waals surface area contributed by atoms with Gasteiger partial charge in [0.1, 0.15) is 11.8 Å². The largest absolute Gasteiger partial charge is 0.497 e. The molecule has 4 rings (SSSR count). The minimum atomic E-state index is -0.749. The van der Waals surface area contributed by atoms with Gasteiger partial charge in [-0.1, -0.05) is 48.5 Å². The second-order valence-electron chi connectivity index (χ2n) is 7.02. The van der Waals surface area contributed by atoms with Gasteiger partial charge < -0.3 is 9.84 Å². The molecule has 1 aliphatic rings. The Bertz CT molecular complexity index is 969. The Kier molecular flexibility index (Phi) is 4.82. The van der Waals surface area contributed by atoms with Crippen LogP contribution in [0, 0.1) is 0 Å². The highest BCUT2D eigenvalue weighted by Crippen LogP contribution is 2.37. The SMILES string of the molecule is COc1cccc(C(c2ccc3ccccc3c2)N2CCCC2C(=O)O)c1. The molecule has 1 N–H and O–H groups in total. The fourth-order valence-electron chi connectivity index (χ4n) is 4.13. The number of nitrogens with zero attached hydrogens (tertiary/aromatic N) is 1. The van der Waals surface area contributed by atoms with Gasteiger partial charge in [-0.25, -0.2) is 0 Å². The number of ether oxygens (including phenoxy) is 1. The van der Waals surface area contributed by atoms with Crippen LogP contribution in [0.4, 0.5) is 0 Å². The van der Waals surface area contributed by atoms with Crippen molar-refractivity contribution in [3.05, 3.63) is 77.9 Å². The number of methoxy groups -OCH3 is 1. The number of hydrogen-bond acceptors (Lipinski definition) is 3. The molecule has 0 spiro atoms. The normalized spacial score (nSPS) is 18.5. The Hall–Kier alpha value is -2.85. The minimum absolute atomic E-state index is 0.117. The van der Waals surface area contributed by atoms with Gasteiger partial charge in [0.15, 0.2) is 0 Å². The lowest BCUT2D eigenvalue weighted by atomic mass is 9.94. The van der Waals surface area contributed by atoms with E-state index < -0.39 is 12.0 Å². The number of likely N-dealkylation sites (tertiary alicyclic amines) is 1. The van der Waals surface area contributed by atoms with Gasteiger partial charge in [0.2, 0.25) is 0 Å². The van der Waals surface area contributed by atoms with Crippen LogP contribution in [0.2, 0.25) is 0 Å². The van der Waals surface area contributed by atoms with E-state index in [0.717, 1.165) is 35.2 Å². The molecule has 2 unspecified atom stereocenters. The summed E-state index contributed by atoms with van der Waals surface area (Å²) in [5.74, 6) is 0.0329. The summed E-state index contributed by atoms with van der Waals surface area (Å²) in [6.45, 7) is 0.770. The molecule has 3 aromatic rings. The molecule has 1 aliphatic heterocycles. The average molecular weight is 361 g/mol. The first-order valence-corrected chi connectivity index (χ1v) is 9.28. The maximum Gasteiger partial charge on any atom is 0.320 e. The lowest BCUT2D eigenvalue weighted by molar-refractivity contribution is -0.142. The molecule has 4 nitrogen and oxygen atoms in total. The smallest absolute Gasteiger partial charge is 0.320 e. The quantitative estimate of drug-likeness (QED) is 0.728. The van der Waals surface area contributed by atoms with Crippen molar-refractivity contribution >= 4 is 16.7 Å². The van der Waals surface area contributed by atoms with Crippen LogP contribution in [0.1, 0.15) is 30.0 Å². The number of fused-ring (bicyclic) bond motifs is 1. The molecule has 0 saturated carbocycles. The van der Waals surface area contributed by atoms with Crippen molar-refractivity contribution in [3.63, 3.8) is 0 Å². The predicted molar refractivity (Wildman–Crippen MR) is 106 cm³/mol. The third kappa shape index (κ3) is 3.40. The summed E-state index contributed by atoms with van der Waals surface area (Å²) in [5.41, 5.74) is 2.16. The van der Waals surface area contributed by atoms with Crippen LogP contribution in [0.25, 0.3) is 10.8 Å². The fraction of sp³-hybridized carbons (Fsp3) is 0.261. The molecule has 27 heavy (non-hydrogen) atoms. The lowest BCUT2D eigenvalue weighted by Gasteiger charge is -2.32. The molecular formula is C23H23NO3. The van der Waals surface area contributed by atoms with Crippen LogP contribution in [0.5, 0.6) is 5.75 Å². The summed E-state index contributed by atoms with van der Waals surface area (Å²) in [5, 5.41) is 12.1. The molecular weight excluding hydrogens is 338 g/mol. The molecule has 0 amide bonds. The van der Waals surface area contributed by atoms with Gasteiger partial charge in [-0.2, -0.15) is 0 Å². The molecule has 0 radical (unpaired) electrons. The summed E-state index contributed by atoms with van der Waals surface area (Å²) in [7, 11) is 1.65. The van der Waals surface area contributed by atoms with Crippen molar-refractivity contribution in [2.45, 2.75) is 24.9 Å². The van der Waals surface area contributed by atoms with Gasteiger partial charge in [0.25, 0.3) is 0 Å². The molecule has 0 aliphatic carbocycles. The first-order chi connectivity index (χ1) is 13.2. The first-order valence-electron chi connectivity index (χ1n) is 9.28. The number of aliphatic carboxylic acids is 1. The van der Waals surface area contributed by atoms with Crippen molar-refractivity contribution < 1.29 is 14.6 Å². The highest BCUT2D eigenvalue weighted by molar-refractivity contribution is 5.83. The molecule has 138 valence electrons. The summed E-state index contributed by atoms with van der Waals surface area (Å²) in [6.07, 6.45) is 1.58. The highest BCUT2D eigenvalue weighted by Gasteiger charge is 2.37. The molecule has 1 fully saturated rings. The zero-order valence-corrected chi connectivity index (χ0v) is 15.3. The first kappa shape index (κ1) is 17.6. The van der Waals surface area contributed by atoms with Crippen LogP contribution >= 0.6 is 0 Å². The van der Waals surface area contributed by atoms with Gasteiger partial charge in [0.05, 0.1) is 13.2 Å². The Morgan fingerprint density at radius 3 is 2.59 bits per heavy atom. The Morgan fingerprint density at radius 1 is 1.04 bits per heavy atom. The van der Waals surface area contributed by atoms with E-state index in [0.29, 0.717) is 6.42 Å². The van der Waals surface area contributed by atoms with Crippen LogP contribution < -0.4 is 4.74 Å².